The molecule has 2 aliphatic heterocycles. The highest BCUT2D eigenvalue weighted by molar-refractivity contribution is 6.76. The minimum absolute atomic E-state index is 0.320. The van der Waals surface area contributed by atoms with Crippen LogP contribution in [0.25, 0.3) is 0 Å². The third kappa shape index (κ3) is 14.5. The van der Waals surface area contributed by atoms with Crippen LogP contribution in [-0.4, -0.2) is 97.5 Å². The summed E-state index contributed by atoms with van der Waals surface area (Å²) in [6.45, 7) is 30.9. The molecule has 2 saturated heterocycles. The maximum atomic E-state index is 6.12. The summed E-state index contributed by atoms with van der Waals surface area (Å²) < 4.78 is 16.6. The van der Waals surface area contributed by atoms with Crippen molar-refractivity contribution in [2.45, 2.75) is 124 Å². The number of rotatable bonds is 22. The normalized spacial score (nSPS) is 17.2. The van der Waals surface area contributed by atoms with Crippen LogP contribution in [0, 0.1) is 17.3 Å². The van der Waals surface area contributed by atoms with Crippen molar-refractivity contribution in [2.75, 3.05) is 52.5 Å². The number of aromatic nitrogens is 4. The van der Waals surface area contributed by atoms with Crippen molar-refractivity contribution in [3.8, 4) is 0 Å². The van der Waals surface area contributed by atoms with Crippen LogP contribution >= 0.6 is 0 Å². The number of nitrogens with one attached hydrogen (secondary N) is 1. The van der Waals surface area contributed by atoms with Crippen LogP contribution in [0.4, 0.5) is 0 Å². The molecule has 0 saturated carbocycles. The van der Waals surface area contributed by atoms with Crippen LogP contribution in [-0.2, 0) is 48.9 Å². The van der Waals surface area contributed by atoms with Gasteiger partial charge in [0.15, 0.2) is 0 Å². The maximum absolute atomic E-state index is 6.12. The van der Waals surface area contributed by atoms with Gasteiger partial charge in [-0.05, 0) is 85.9 Å². The van der Waals surface area contributed by atoms with Crippen molar-refractivity contribution in [1.82, 2.24) is 34.2 Å². The summed E-state index contributed by atoms with van der Waals surface area (Å²) in [5.74, 6) is 3.23. The average molecular weight is 764 g/mol. The van der Waals surface area contributed by atoms with Gasteiger partial charge in [0.1, 0.15) is 25.1 Å². The van der Waals surface area contributed by atoms with Crippen molar-refractivity contribution in [1.29, 1.82) is 0 Å². The van der Waals surface area contributed by atoms with Gasteiger partial charge in [0, 0.05) is 93.2 Å². The number of likely N-dealkylation sites (tertiary alicyclic amines) is 2. The summed E-state index contributed by atoms with van der Waals surface area (Å²) >= 11 is 0. The van der Waals surface area contributed by atoms with Gasteiger partial charge in [0.25, 0.3) is 0 Å². The predicted octanol–water partition coefficient (Wildman–Crippen LogP) is 7.84. The number of piperidine rings is 1. The first-order valence-corrected chi connectivity index (χ1v) is 28.0. The molecular formula is C42H73N7O2Si2. The van der Waals surface area contributed by atoms with Crippen LogP contribution in [0.1, 0.15) is 55.9 Å². The summed E-state index contributed by atoms with van der Waals surface area (Å²) in [7, 11) is -2.26. The van der Waals surface area contributed by atoms with Gasteiger partial charge in [0.05, 0.1) is 0 Å². The summed E-state index contributed by atoms with van der Waals surface area (Å²) in [4.78, 5) is 15.0. The summed E-state index contributed by atoms with van der Waals surface area (Å²) in [5, 5.41) is 3.81. The van der Waals surface area contributed by atoms with Crippen molar-refractivity contribution in [3.63, 3.8) is 0 Å². The molecule has 296 valence electrons. The molecule has 0 bridgehead atoms. The van der Waals surface area contributed by atoms with Crippen molar-refractivity contribution < 1.29 is 9.47 Å². The number of hydrogen-bond donors (Lipinski definition) is 1. The fraction of sp³-hybridized carbons (Fsp3) is 0.714. The number of imidazole rings is 2. The summed E-state index contributed by atoms with van der Waals surface area (Å²) in [6, 6.07) is 11.7. The molecule has 0 atom stereocenters. The van der Waals surface area contributed by atoms with Gasteiger partial charge in [-0.2, -0.15) is 0 Å². The molecule has 1 spiro atoms. The van der Waals surface area contributed by atoms with E-state index in [4.69, 9.17) is 19.4 Å². The van der Waals surface area contributed by atoms with E-state index in [9.17, 15) is 0 Å². The smallest absolute Gasteiger partial charge is 0.123 e. The molecule has 0 amide bonds. The average Bonchev–Trinajstić information content (AvgIpc) is 3.83. The maximum Gasteiger partial charge on any atom is 0.123 e. The first kappa shape index (κ1) is 42.0. The highest BCUT2D eigenvalue weighted by Gasteiger charge is 2.40. The van der Waals surface area contributed by atoms with E-state index in [2.05, 4.69) is 114 Å². The summed E-state index contributed by atoms with van der Waals surface area (Å²) in [6.07, 6.45) is 13.7. The predicted molar refractivity (Wildman–Crippen MR) is 225 cm³/mol. The van der Waals surface area contributed by atoms with E-state index >= 15 is 0 Å². The lowest BCUT2D eigenvalue weighted by molar-refractivity contribution is 0.0836. The molecule has 0 aliphatic carbocycles. The van der Waals surface area contributed by atoms with E-state index in [0.717, 1.165) is 63.3 Å². The van der Waals surface area contributed by atoms with Crippen LogP contribution in [0.5, 0.6) is 0 Å². The zero-order valence-corrected chi connectivity index (χ0v) is 36.7. The Balaban J connectivity index is 1.13. The zero-order chi connectivity index (χ0) is 37.9. The number of hydrogen-bond acceptors (Lipinski definition) is 7. The molecule has 0 radical (unpaired) electrons. The molecule has 0 unspecified atom stereocenters. The molecule has 2 aromatic heterocycles. The fourth-order valence-corrected chi connectivity index (χ4v) is 9.36. The van der Waals surface area contributed by atoms with Crippen molar-refractivity contribution >= 4 is 16.1 Å². The number of nitrogens with zero attached hydrogens (tertiary/aromatic N) is 6. The Bertz CT molecular complexity index is 1420. The third-order valence-corrected chi connectivity index (χ3v) is 14.7. The highest BCUT2D eigenvalue weighted by atomic mass is 28.3. The highest BCUT2D eigenvalue weighted by Crippen LogP contribution is 2.41. The molecule has 5 rings (SSSR count). The topological polar surface area (TPSA) is 72.6 Å². The zero-order valence-electron chi connectivity index (χ0n) is 34.7. The molecule has 9 nitrogen and oxygen atoms in total. The molecule has 53 heavy (non-hydrogen) atoms. The minimum atomic E-state index is -1.13. The second-order valence-corrected chi connectivity index (χ2v) is 30.4. The second kappa shape index (κ2) is 19.6. The molecule has 1 N–H and O–H groups in total. The van der Waals surface area contributed by atoms with Crippen LogP contribution in [0.15, 0.2) is 49.1 Å². The van der Waals surface area contributed by atoms with Crippen molar-refractivity contribution in [2.24, 2.45) is 17.3 Å². The van der Waals surface area contributed by atoms with Crippen LogP contribution in [0.3, 0.4) is 0 Å². The quantitative estimate of drug-likeness (QED) is 0.0827. The fourth-order valence-electron chi connectivity index (χ4n) is 7.85. The standard InChI is InChI=1S/C42H73N7O2Si2/c1-36(2)31-46-18-13-42(14-19-46)15-20-47(33-42)32-38-11-9-37(10-12-38)29-43-30-39(27-40-44-16-21-48(40)34-50-23-25-52(3,4)5)28-41-45-17-22-49(41)35-51-24-26-53(6,7)8/h9-12,16-17,21-22,36,39,43H,13-15,18-20,23-35H2,1-8H3. The Morgan fingerprint density at radius 2 is 1.25 bits per heavy atom. The molecule has 4 heterocycles. The third-order valence-electron chi connectivity index (χ3n) is 11.2. The second-order valence-electron chi connectivity index (χ2n) is 19.2. The molecule has 3 aromatic rings. The summed E-state index contributed by atoms with van der Waals surface area (Å²) in [5.41, 5.74) is 3.31. The first-order chi connectivity index (χ1) is 25.2. The van der Waals surface area contributed by atoms with Gasteiger partial charge in [-0.15, -0.1) is 0 Å². The van der Waals surface area contributed by atoms with Crippen molar-refractivity contribution in [3.05, 3.63) is 71.8 Å². The lowest BCUT2D eigenvalue weighted by Gasteiger charge is -2.40. The van der Waals surface area contributed by atoms with E-state index in [-0.39, 0.29) is 0 Å². The number of benzene rings is 1. The largest absolute Gasteiger partial charge is 0.361 e. The first-order valence-electron chi connectivity index (χ1n) is 20.6. The van der Waals surface area contributed by atoms with Crippen LogP contribution < -0.4 is 5.32 Å². The van der Waals surface area contributed by atoms with Gasteiger partial charge in [-0.3, -0.25) is 4.90 Å². The minimum Gasteiger partial charge on any atom is -0.361 e. The van der Waals surface area contributed by atoms with E-state index in [1.165, 1.54) is 75.2 Å². The monoisotopic (exact) mass is 764 g/mol. The Morgan fingerprint density at radius 1 is 0.736 bits per heavy atom. The lowest BCUT2D eigenvalue weighted by Crippen LogP contribution is -2.42. The van der Waals surface area contributed by atoms with E-state index in [1.54, 1.807) is 0 Å². The number of ether oxygens (including phenoxy) is 2. The Labute approximate surface area is 324 Å². The van der Waals surface area contributed by atoms with E-state index in [1.807, 2.05) is 12.4 Å². The molecule has 1 aromatic carbocycles. The molecular weight excluding hydrogens is 691 g/mol. The van der Waals surface area contributed by atoms with Gasteiger partial charge in [0.2, 0.25) is 0 Å². The van der Waals surface area contributed by atoms with E-state index in [0.29, 0.717) is 24.8 Å². The van der Waals surface area contributed by atoms with Crippen LogP contribution in [0.2, 0.25) is 51.4 Å². The molecule has 2 fully saturated rings. The Morgan fingerprint density at radius 3 is 1.75 bits per heavy atom. The van der Waals surface area contributed by atoms with Gasteiger partial charge < -0.3 is 28.8 Å². The van der Waals surface area contributed by atoms with E-state index < -0.39 is 16.1 Å². The molecule has 11 heteroatoms. The Kier molecular flexibility index (Phi) is 15.6. The lowest BCUT2D eigenvalue weighted by atomic mass is 9.77. The SMILES string of the molecule is CC(C)CN1CCC2(CC1)CCN(Cc1ccc(CNCC(Cc3nccn3COCC[Si](C)(C)C)Cc3nccn3COCC[Si](C)(C)C)cc1)C2. The van der Waals surface area contributed by atoms with Gasteiger partial charge >= 0.3 is 0 Å². The van der Waals surface area contributed by atoms with Gasteiger partial charge in [-0.1, -0.05) is 77.4 Å². The Hall–Kier alpha value is -2.13. The molecule has 2 aliphatic rings. The van der Waals surface area contributed by atoms with Gasteiger partial charge in [-0.25, -0.2) is 9.97 Å².